The lowest BCUT2D eigenvalue weighted by molar-refractivity contribution is -0.0793. The van der Waals surface area contributed by atoms with Crippen LogP contribution >= 0.6 is 11.8 Å². The fraction of sp³-hybridized carbons (Fsp3) is 0. The van der Waals surface area contributed by atoms with Gasteiger partial charge in [0.2, 0.25) is 0 Å². The third-order valence-electron chi connectivity index (χ3n) is 1.93. The third kappa shape index (κ3) is 1.24. The summed E-state index contributed by atoms with van der Waals surface area (Å²) in [4.78, 5) is 14.0. The lowest BCUT2D eigenvalue weighted by atomic mass is 10.2. The first kappa shape index (κ1) is 9.02. The number of hydrogen-bond acceptors (Lipinski definition) is 2. The van der Waals surface area contributed by atoms with E-state index in [2.05, 4.69) is 4.94 Å². The molecular formula is C9H5ClFNO2. The van der Waals surface area contributed by atoms with Crippen LogP contribution in [0.5, 0.6) is 0 Å². The highest BCUT2D eigenvalue weighted by atomic mass is 35.5. The molecule has 2 aromatic rings. The van der Waals surface area contributed by atoms with Crippen molar-refractivity contribution in [2.75, 3.05) is 0 Å². The predicted molar refractivity (Wildman–Crippen MR) is 49.7 cm³/mol. The molecule has 0 amide bonds. The van der Waals surface area contributed by atoms with Gasteiger partial charge in [0, 0.05) is 21.7 Å². The van der Waals surface area contributed by atoms with E-state index in [1.807, 2.05) is 0 Å². The highest BCUT2D eigenvalue weighted by Crippen LogP contribution is 2.21. The van der Waals surface area contributed by atoms with E-state index in [0.717, 1.165) is 9.47 Å². The van der Waals surface area contributed by atoms with Crippen molar-refractivity contribution in [3.63, 3.8) is 0 Å². The van der Waals surface area contributed by atoms with Crippen molar-refractivity contribution in [2.45, 2.75) is 0 Å². The second-order valence-corrected chi connectivity index (χ2v) is 3.07. The van der Waals surface area contributed by atoms with Gasteiger partial charge < -0.3 is 0 Å². The second-order valence-electron chi connectivity index (χ2n) is 2.73. The van der Waals surface area contributed by atoms with E-state index in [0.29, 0.717) is 5.52 Å². The molecule has 0 aliphatic rings. The summed E-state index contributed by atoms with van der Waals surface area (Å²) in [5.74, 6) is -1.10. The summed E-state index contributed by atoms with van der Waals surface area (Å²) in [5, 5.41) is 0.753. The van der Waals surface area contributed by atoms with E-state index in [-0.39, 0.29) is 5.69 Å². The van der Waals surface area contributed by atoms with Crippen LogP contribution in [-0.2, 0) is 4.94 Å². The molecule has 0 radical (unpaired) electrons. The Bertz CT molecular complexity index is 495. The molecule has 0 saturated heterocycles. The highest BCUT2D eigenvalue weighted by molar-refractivity contribution is 6.22. The molecular weight excluding hydrogens is 209 g/mol. The van der Waals surface area contributed by atoms with Crippen LogP contribution in [0.4, 0.5) is 4.53 Å². The van der Waals surface area contributed by atoms with Gasteiger partial charge in [0.25, 0.3) is 0 Å². The number of hydrogen-bond donors (Lipinski definition) is 0. The lowest BCUT2D eigenvalue weighted by Crippen LogP contribution is -2.02. The van der Waals surface area contributed by atoms with Crippen molar-refractivity contribution in [3.8, 4) is 0 Å². The first-order valence-electron chi connectivity index (χ1n) is 3.83. The Morgan fingerprint density at radius 2 is 2.14 bits per heavy atom. The molecule has 0 unspecified atom stereocenters. The van der Waals surface area contributed by atoms with Crippen LogP contribution < -0.4 is 0 Å². The molecule has 0 fully saturated rings. The smallest absolute Gasteiger partial charge is 0.248 e. The van der Waals surface area contributed by atoms with Gasteiger partial charge in [-0.15, -0.1) is 0 Å². The van der Waals surface area contributed by atoms with Gasteiger partial charge in [0.1, 0.15) is 5.69 Å². The van der Waals surface area contributed by atoms with Crippen LogP contribution in [0.15, 0.2) is 30.3 Å². The van der Waals surface area contributed by atoms with Crippen LogP contribution in [0.2, 0.25) is 0 Å². The van der Waals surface area contributed by atoms with E-state index in [1.54, 1.807) is 24.3 Å². The fourth-order valence-electron chi connectivity index (χ4n) is 1.30. The molecule has 0 saturated carbocycles. The van der Waals surface area contributed by atoms with Crippen molar-refractivity contribution in [2.24, 2.45) is 0 Å². The number of nitrogens with zero attached hydrogens (tertiary/aromatic N) is 1. The van der Waals surface area contributed by atoms with Crippen LogP contribution in [0, 0.1) is 0 Å². The zero-order valence-corrected chi connectivity index (χ0v) is 7.66. The minimum atomic E-state index is -1.10. The van der Waals surface area contributed by atoms with Crippen molar-refractivity contribution in [3.05, 3.63) is 36.0 Å². The van der Waals surface area contributed by atoms with E-state index >= 15 is 0 Å². The zero-order chi connectivity index (χ0) is 10.1. The van der Waals surface area contributed by atoms with Gasteiger partial charge in [-0.3, -0.25) is 0 Å². The molecule has 1 aromatic heterocycles. The van der Waals surface area contributed by atoms with Crippen LogP contribution in [0.25, 0.3) is 10.9 Å². The number of para-hydroxylation sites is 1. The first-order valence-corrected chi connectivity index (χ1v) is 4.17. The van der Waals surface area contributed by atoms with Crippen LogP contribution in [0.3, 0.4) is 0 Å². The molecule has 1 heterocycles. The first-order chi connectivity index (χ1) is 6.74. The maximum Gasteiger partial charge on any atom is 0.397 e. The van der Waals surface area contributed by atoms with E-state index in [4.69, 9.17) is 11.8 Å². The Morgan fingerprint density at radius 1 is 1.43 bits per heavy atom. The Balaban J connectivity index is 2.68. The minimum Gasteiger partial charge on any atom is -0.248 e. The number of carbonyl (C=O) groups excluding carboxylic acids is 1. The molecule has 1 aromatic carbocycles. The Hall–Kier alpha value is -1.55. The second kappa shape index (κ2) is 3.31. The summed E-state index contributed by atoms with van der Waals surface area (Å²) in [7, 11) is 0. The number of aromatic nitrogens is 1. The number of carbonyl (C=O) groups is 1. The number of benzene rings is 1. The van der Waals surface area contributed by atoms with Crippen molar-refractivity contribution < 1.29 is 14.3 Å². The van der Waals surface area contributed by atoms with Crippen molar-refractivity contribution in [1.82, 2.24) is 4.09 Å². The van der Waals surface area contributed by atoms with Gasteiger partial charge in [0.05, 0.1) is 5.52 Å². The van der Waals surface area contributed by atoms with Gasteiger partial charge in [-0.05, 0) is 12.1 Å². The summed E-state index contributed by atoms with van der Waals surface area (Å²) >= 11 is 5.78. The standard InChI is InChI=1S/C9H5ClFNO2/c10-12-7-4-2-1-3-6(7)5-8(12)9(13)14-11/h1-5H. The molecule has 0 bridgehead atoms. The van der Waals surface area contributed by atoms with Crippen molar-refractivity contribution >= 4 is 28.6 Å². The molecule has 0 atom stereocenters. The monoisotopic (exact) mass is 213 g/mol. The Morgan fingerprint density at radius 3 is 2.79 bits per heavy atom. The topological polar surface area (TPSA) is 31.2 Å². The largest absolute Gasteiger partial charge is 0.397 e. The predicted octanol–water partition coefficient (Wildman–Crippen LogP) is 2.68. The maximum absolute atomic E-state index is 11.7. The normalized spacial score (nSPS) is 10.4. The molecule has 72 valence electrons. The molecule has 3 nitrogen and oxygen atoms in total. The third-order valence-corrected chi connectivity index (χ3v) is 2.30. The molecule has 0 aliphatic carbocycles. The SMILES string of the molecule is O=C(OF)c1cc2ccccc2n1Cl. The summed E-state index contributed by atoms with van der Waals surface area (Å²) in [6, 6.07) is 8.51. The quantitative estimate of drug-likeness (QED) is 0.729. The summed E-state index contributed by atoms with van der Waals surface area (Å²) in [6.45, 7) is 0. The molecule has 0 N–H and O–H groups in total. The van der Waals surface area contributed by atoms with E-state index < -0.39 is 5.97 Å². The number of fused-ring (bicyclic) bond motifs is 1. The zero-order valence-electron chi connectivity index (χ0n) is 6.91. The van der Waals surface area contributed by atoms with Crippen LogP contribution in [-0.4, -0.2) is 10.1 Å². The molecule has 0 spiro atoms. The summed E-state index contributed by atoms with van der Waals surface area (Å²) in [5.41, 5.74) is 0.602. The maximum atomic E-state index is 11.7. The van der Waals surface area contributed by atoms with E-state index in [1.165, 1.54) is 6.07 Å². The van der Waals surface area contributed by atoms with Gasteiger partial charge >= 0.3 is 5.97 Å². The molecule has 0 aliphatic heterocycles. The molecule has 14 heavy (non-hydrogen) atoms. The number of rotatable bonds is 1. The van der Waals surface area contributed by atoms with Gasteiger partial charge in [-0.2, -0.15) is 0 Å². The highest BCUT2D eigenvalue weighted by Gasteiger charge is 2.16. The van der Waals surface area contributed by atoms with Crippen LogP contribution in [0.1, 0.15) is 10.5 Å². The molecule has 2 rings (SSSR count). The number of halogens is 2. The van der Waals surface area contributed by atoms with E-state index in [9.17, 15) is 9.32 Å². The Kier molecular flexibility index (Phi) is 2.13. The summed E-state index contributed by atoms with van der Waals surface area (Å²) < 4.78 is 12.7. The van der Waals surface area contributed by atoms with Gasteiger partial charge in [-0.1, -0.05) is 18.2 Å². The lowest BCUT2D eigenvalue weighted by Gasteiger charge is -1.95. The molecule has 5 heteroatoms. The summed E-state index contributed by atoms with van der Waals surface area (Å²) in [6.07, 6.45) is 0. The fourth-order valence-corrected chi connectivity index (χ4v) is 1.57. The average molecular weight is 214 g/mol. The van der Waals surface area contributed by atoms with Gasteiger partial charge in [0.15, 0.2) is 0 Å². The minimum absolute atomic E-state index is 0.0321. The average Bonchev–Trinajstić information content (AvgIpc) is 2.56. The van der Waals surface area contributed by atoms with Crippen molar-refractivity contribution in [1.29, 1.82) is 0 Å². The van der Waals surface area contributed by atoms with Gasteiger partial charge in [-0.25, -0.2) is 13.8 Å². The Labute approximate surface area is 83.7 Å².